The van der Waals surface area contributed by atoms with Gasteiger partial charge < -0.3 is 9.84 Å². The van der Waals surface area contributed by atoms with Crippen LogP contribution in [-0.2, 0) is 6.42 Å². The Hall–Kier alpha value is -2.05. The fourth-order valence-electron chi connectivity index (χ4n) is 2.85. The Labute approximate surface area is 134 Å². The number of hydrogen-bond donors (Lipinski definition) is 1. The van der Waals surface area contributed by atoms with Gasteiger partial charge in [-0.15, -0.1) is 0 Å². The van der Waals surface area contributed by atoms with Crippen LogP contribution >= 0.6 is 0 Å². The summed E-state index contributed by atoms with van der Waals surface area (Å²) in [6, 6.07) is 5.99. The van der Waals surface area contributed by atoms with Crippen molar-refractivity contribution in [3.8, 4) is 5.75 Å². The number of β-amino-alcohol motifs (C(OH)–C–C–N with tert-alkyl or cyclic N) is 1. The third-order valence-electron chi connectivity index (χ3n) is 4.06. The number of aliphatic hydroxyl groups excluding tert-OH is 1. The van der Waals surface area contributed by atoms with Gasteiger partial charge in [0.05, 0.1) is 11.8 Å². The van der Waals surface area contributed by atoms with Gasteiger partial charge in [-0.1, -0.05) is 0 Å². The average Bonchev–Trinajstić information content (AvgIpc) is 2.90. The second-order valence-corrected chi connectivity index (χ2v) is 5.79. The molecule has 3 rings (SSSR count). The topological polar surface area (TPSA) is 58.5 Å². The number of ether oxygens (including phenoxy) is 1. The molecule has 5 nitrogen and oxygen atoms in total. The maximum Gasteiger partial charge on any atom is 0.123 e. The zero-order valence-electron chi connectivity index (χ0n) is 12.8. The first-order valence-electron chi connectivity index (χ1n) is 7.74. The van der Waals surface area contributed by atoms with E-state index in [0.717, 1.165) is 25.2 Å². The van der Waals surface area contributed by atoms with E-state index in [4.69, 9.17) is 4.74 Å². The zero-order chi connectivity index (χ0) is 16.1. The van der Waals surface area contributed by atoms with E-state index in [-0.39, 0.29) is 17.8 Å². The molecule has 0 spiro atoms. The molecule has 1 aliphatic heterocycles. The van der Waals surface area contributed by atoms with Gasteiger partial charge in [0, 0.05) is 44.1 Å². The fourth-order valence-corrected chi connectivity index (χ4v) is 2.85. The predicted molar refractivity (Wildman–Crippen MR) is 83.6 cm³/mol. The van der Waals surface area contributed by atoms with Gasteiger partial charge in [-0.2, -0.15) is 0 Å². The minimum absolute atomic E-state index is 0.164. The smallest absolute Gasteiger partial charge is 0.123 e. The molecule has 0 bridgehead atoms. The van der Waals surface area contributed by atoms with Gasteiger partial charge in [0.25, 0.3) is 0 Å². The summed E-state index contributed by atoms with van der Waals surface area (Å²) < 4.78 is 18.4. The molecule has 1 aromatic heterocycles. The largest absolute Gasteiger partial charge is 0.492 e. The Kier molecular flexibility index (Phi) is 5.15. The van der Waals surface area contributed by atoms with Gasteiger partial charge in [0.2, 0.25) is 0 Å². The fraction of sp³-hybridized carbons (Fsp3) is 0.412. The number of aliphatic hydroxyl groups is 1. The molecule has 2 atom stereocenters. The van der Waals surface area contributed by atoms with Crippen LogP contribution in [0, 0.1) is 11.7 Å². The molecule has 2 heterocycles. The van der Waals surface area contributed by atoms with Crippen LogP contribution in [0.15, 0.2) is 42.9 Å². The van der Waals surface area contributed by atoms with Crippen LogP contribution in [0.2, 0.25) is 0 Å². The Bertz CT molecular complexity index is 609. The Morgan fingerprint density at radius 3 is 2.78 bits per heavy atom. The van der Waals surface area contributed by atoms with Crippen LogP contribution in [0.3, 0.4) is 0 Å². The van der Waals surface area contributed by atoms with E-state index in [1.807, 2.05) is 0 Å². The van der Waals surface area contributed by atoms with E-state index in [1.54, 1.807) is 30.7 Å². The lowest BCUT2D eigenvalue weighted by Gasteiger charge is -2.16. The summed E-state index contributed by atoms with van der Waals surface area (Å²) >= 11 is 0. The summed E-state index contributed by atoms with van der Waals surface area (Å²) in [7, 11) is 0. The number of nitrogens with zero attached hydrogens (tertiary/aromatic N) is 3. The van der Waals surface area contributed by atoms with Crippen molar-refractivity contribution in [3.63, 3.8) is 0 Å². The standard InChI is InChI=1S/C17H20FN3O2/c18-14-1-3-16(4-2-14)23-8-7-21-11-13(17(22)12-21)9-15-10-19-5-6-20-15/h1-6,10,13,17,22H,7-9,11-12H2/t13-,17-/m1/s1. The molecular formula is C17H20FN3O2. The van der Waals surface area contributed by atoms with Crippen LogP contribution in [0.5, 0.6) is 5.75 Å². The lowest BCUT2D eigenvalue weighted by atomic mass is 10.0. The van der Waals surface area contributed by atoms with Crippen molar-refractivity contribution in [1.82, 2.24) is 14.9 Å². The van der Waals surface area contributed by atoms with Crippen LogP contribution in [0.1, 0.15) is 5.69 Å². The highest BCUT2D eigenvalue weighted by molar-refractivity contribution is 5.22. The number of likely N-dealkylation sites (tertiary alicyclic amines) is 1. The van der Waals surface area contributed by atoms with Gasteiger partial charge in [-0.25, -0.2) is 4.39 Å². The van der Waals surface area contributed by atoms with Gasteiger partial charge in [0.1, 0.15) is 18.2 Å². The maximum atomic E-state index is 12.8. The second kappa shape index (κ2) is 7.48. The monoisotopic (exact) mass is 317 g/mol. The van der Waals surface area contributed by atoms with E-state index in [1.165, 1.54) is 12.1 Å². The summed E-state index contributed by atoms with van der Waals surface area (Å²) in [4.78, 5) is 10.5. The highest BCUT2D eigenvalue weighted by Gasteiger charge is 2.31. The summed E-state index contributed by atoms with van der Waals surface area (Å²) in [5.41, 5.74) is 0.904. The molecule has 1 fully saturated rings. The summed E-state index contributed by atoms with van der Waals surface area (Å²) in [6.45, 7) is 2.68. The van der Waals surface area contributed by atoms with Gasteiger partial charge in [0.15, 0.2) is 0 Å². The molecule has 0 unspecified atom stereocenters. The van der Waals surface area contributed by atoms with E-state index in [0.29, 0.717) is 18.9 Å². The number of benzene rings is 1. The second-order valence-electron chi connectivity index (χ2n) is 5.79. The molecule has 122 valence electrons. The van der Waals surface area contributed by atoms with Crippen molar-refractivity contribution < 1.29 is 14.2 Å². The van der Waals surface area contributed by atoms with Crippen molar-refractivity contribution in [2.45, 2.75) is 12.5 Å². The van der Waals surface area contributed by atoms with E-state index in [9.17, 15) is 9.50 Å². The van der Waals surface area contributed by atoms with Crippen molar-refractivity contribution in [2.75, 3.05) is 26.2 Å². The third kappa shape index (κ3) is 4.46. The van der Waals surface area contributed by atoms with Gasteiger partial charge in [-0.3, -0.25) is 14.9 Å². The first-order chi connectivity index (χ1) is 11.2. The van der Waals surface area contributed by atoms with E-state index < -0.39 is 0 Å². The summed E-state index contributed by atoms with van der Waals surface area (Å²) in [6.07, 6.45) is 5.43. The minimum atomic E-state index is -0.358. The zero-order valence-corrected chi connectivity index (χ0v) is 12.8. The van der Waals surface area contributed by atoms with Crippen molar-refractivity contribution in [2.24, 2.45) is 5.92 Å². The van der Waals surface area contributed by atoms with Crippen LogP contribution in [0.4, 0.5) is 4.39 Å². The maximum absolute atomic E-state index is 12.8. The highest BCUT2D eigenvalue weighted by atomic mass is 19.1. The van der Waals surface area contributed by atoms with Crippen LogP contribution in [-0.4, -0.2) is 52.3 Å². The summed E-state index contributed by atoms with van der Waals surface area (Å²) in [5, 5.41) is 10.2. The molecule has 0 radical (unpaired) electrons. The molecular weight excluding hydrogens is 297 g/mol. The van der Waals surface area contributed by atoms with Crippen LogP contribution < -0.4 is 4.74 Å². The van der Waals surface area contributed by atoms with Crippen molar-refractivity contribution in [3.05, 3.63) is 54.4 Å². The molecule has 1 saturated heterocycles. The molecule has 0 aliphatic carbocycles. The molecule has 1 N–H and O–H groups in total. The van der Waals surface area contributed by atoms with Crippen LogP contribution in [0.25, 0.3) is 0 Å². The van der Waals surface area contributed by atoms with Gasteiger partial charge >= 0.3 is 0 Å². The third-order valence-corrected chi connectivity index (χ3v) is 4.06. The molecule has 2 aromatic rings. The molecule has 1 aliphatic rings. The Morgan fingerprint density at radius 1 is 1.22 bits per heavy atom. The van der Waals surface area contributed by atoms with E-state index in [2.05, 4.69) is 14.9 Å². The number of hydrogen-bond acceptors (Lipinski definition) is 5. The van der Waals surface area contributed by atoms with Gasteiger partial charge in [-0.05, 0) is 30.7 Å². The van der Waals surface area contributed by atoms with Crippen molar-refractivity contribution in [1.29, 1.82) is 0 Å². The quantitative estimate of drug-likeness (QED) is 0.875. The Balaban J connectivity index is 1.44. The Morgan fingerprint density at radius 2 is 2.04 bits per heavy atom. The highest BCUT2D eigenvalue weighted by Crippen LogP contribution is 2.20. The molecule has 23 heavy (non-hydrogen) atoms. The lowest BCUT2D eigenvalue weighted by Crippen LogP contribution is -2.27. The number of rotatable bonds is 6. The molecule has 0 amide bonds. The lowest BCUT2D eigenvalue weighted by molar-refractivity contribution is 0.139. The number of halogens is 1. The first-order valence-corrected chi connectivity index (χ1v) is 7.74. The minimum Gasteiger partial charge on any atom is -0.492 e. The molecule has 6 heteroatoms. The summed E-state index contributed by atoms with van der Waals surface area (Å²) in [5.74, 6) is 0.548. The predicted octanol–water partition coefficient (Wildman–Crippen LogP) is 1.53. The van der Waals surface area contributed by atoms with E-state index >= 15 is 0 Å². The number of aromatic nitrogens is 2. The first kappa shape index (κ1) is 15.8. The average molecular weight is 317 g/mol. The normalized spacial score (nSPS) is 21.5. The molecule has 1 aromatic carbocycles. The van der Waals surface area contributed by atoms with Crippen molar-refractivity contribution >= 4 is 0 Å². The molecule has 0 saturated carbocycles. The SMILES string of the molecule is O[C@@H]1CN(CCOc2ccc(F)cc2)C[C@H]1Cc1cnccn1.